The molecule has 1 aliphatic rings. The molecule has 1 saturated heterocycles. The van der Waals surface area contributed by atoms with Gasteiger partial charge in [-0.1, -0.05) is 6.07 Å². The molecule has 2 amide bonds. The fourth-order valence-electron chi connectivity index (χ4n) is 2.80. The average Bonchev–Trinajstić information content (AvgIpc) is 2.97. The second kappa shape index (κ2) is 7.37. The number of hydrogen-bond donors (Lipinski definition) is 0. The predicted octanol–water partition coefficient (Wildman–Crippen LogP) is 3.32. The molecule has 0 aromatic heterocycles. The Balaban J connectivity index is 2.06. The monoisotopic (exact) mass is 354 g/mol. The first-order chi connectivity index (χ1) is 11.6. The van der Waals surface area contributed by atoms with Crippen molar-refractivity contribution in [3.63, 3.8) is 0 Å². The smallest absolute Gasteiger partial charge is 0.410 e. The van der Waals surface area contributed by atoms with E-state index < -0.39 is 29.4 Å². The Kier molecular flexibility index (Phi) is 5.65. The fraction of sp³-hybridized carbons (Fsp3) is 0.556. The Hall–Kier alpha value is -2.18. The average molecular weight is 354 g/mol. The zero-order valence-corrected chi connectivity index (χ0v) is 15.0. The molecule has 0 N–H and O–H groups in total. The van der Waals surface area contributed by atoms with Gasteiger partial charge in [-0.15, -0.1) is 0 Å². The number of carbonyl (C=O) groups excluding carboxylic acids is 2. The lowest BCUT2D eigenvalue weighted by Gasteiger charge is -2.30. The van der Waals surface area contributed by atoms with Crippen molar-refractivity contribution in [2.75, 3.05) is 13.6 Å². The number of nitrogens with zero attached hydrogens (tertiary/aromatic N) is 2. The summed E-state index contributed by atoms with van der Waals surface area (Å²) in [4.78, 5) is 27.7. The third-order valence-corrected chi connectivity index (χ3v) is 3.96. The number of likely N-dealkylation sites (tertiary alicyclic amines) is 1. The number of likely N-dealkylation sites (N-methyl/N-ethyl adjacent to an activating group) is 1. The van der Waals surface area contributed by atoms with Gasteiger partial charge in [-0.05, 0) is 39.7 Å². The number of carbonyl (C=O) groups is 2. The van der Waals surface area contributed by atoms with Gasteiger partial charge in [-0.3, -0.25) is 9.69 Å². The number of ether oxygens (including phenoxy) is 1. The summed E-state index contributed by atoms with van der Waals surface area (Å²) in [5.74, 6) is -1.65. The number of halogens is 2. The highest BCUT2D eigenvalue weighted by Crippen LogP contribution is 2.23. The highest BCUT2D eigenvalue weighted by molar-refractivity contribution is 5.86. The second-order valence-electron chi connectivity index (χ2n) is 7.26. The second-order valence-corrected chi connectivity index (χ2v) is 7.26. The first kappa shape index (κ1) is 19.1. The predicted molar refractivity (Wildman–Crippen MR) is 88.8 cm³/mol. The molecule has 1 aliphatic heterocycles. The third kappa shape index (κ3) is 4.90. The zero-order valence-electron chi connectivity index (χ0n) is 15.0. The first-order valence-corrected chi connectivity index (χ1v) is 8.27. The standard InChI is InChI=1S/C18H24F2N2O3/c1-18(2,3)25-17(24)22-9-5-6-15(22)16(23)21(4)11-12-7-8-13(19)10-14(12)20/h7-8,10,15H,5-6,9,11H2,1-4H3. The van der Waals surface area contributed by atoms with Gasteiger partial charge in [0.1, 0.15) is 23.3 Å². The van der Waals surface area contributed by atoms with Crippen molar-refractivity contribution in [3.05, 3.63) is 35.4 Å². The molecule has 0 aliphatic carbocycles. The molecule has 1 heterocycles. The topological polar surface area (TPSA) is 49.9 Å². The van der Waals surface area contributed by atoms with Gasteiger partial charge in [-0.25, -0.2) is 13.6 Å². The van der Waals surface area contributed by atoms with Crippen molar-refractivity contribution in [3.8, 4) is 0 Å². The summed E-state index contributed by atoms with van der Waals surface area (Å²) in [6.07, 6.45) is 0.715. The van der Waals surface area contributed by atoms with E-state index in [1.807, 2.05) is 0 Å². The van der Waals surface area contributed by atoms with Gasteiger partial charge in [0.25, 0.3) is 0 Å². The molecule has 138 valence electrons. The van der Waals surface area contributed by atoms with Gasteiger partial charge in [-0.2, -0.15) is 0 Å². The van der Waals surface area contributed by atoms with Crippen LogP contribution in [0.4, 0.5) is 13.6 Å². The van der Waals surface area contributed by atoms with Crippen LogP contribution in [0, 0.1) is 11.6 Å². The van der Waals surface area contributed by atoms with Crippen LogP contribution in [0.5, 0.6) is 0 Å². The van der Waals surface area contributed by atoms with Gasteiger partial charge in [0.05, 0.1) is 0 Å². The van der Waals surface area contributed by atoms with Crippen LogP contribution in [0.25, 0.3) is 0 Å². The van der Waals surface area contributed by atoms with Crippen molar-refractivity contribution in [1.82, 2.24) is 9.80 Å². The van der Waals surface area contributed by atoms with E-state index in [9.17, 15) is 18.4 Å². The van der Waals surface area contributed by atoms with E-state index in [0.29, 0.717) is 19.4 Å². The fourth-order valence-corrected chi connectivity index (χ4v) is 2.80. The maximum atomic E-state index is 13.8. The van der Waals surface area contributed by atoms with E-state index in [0.717, 1.165) is 12.1 Å². The van der Waals surface area contributed by atoms with Gasteiger partial charge < -0.3 is 9.64 Å². The SMILES string of the molecule is CN(Cc1ccc(F)cc1F)C(=O)C1CCCN1C(=O)OC(C)(C)C. The van der Waals surface area contributed by atoms with Gasteiger partial charge >= 0.3 is 6.09 Å². The van der Waals surface area contributed by atoms with Crippen molar-refractivity contribution >= 4 is 12.0 Å². The molecule has 0 bridgehead atoms. The van der Waals surface area contributed by atoms with Crippen LogP contribution < -0.4 is 0 Å². The molecule has 0 saturated carbocycles. The van der Waals surface area contributed by atoms with Crippen LogP contribution in [0.1, 0.15) is 39.2 Å². The number of hydrogen-bond acceptors (Lipinski definition) is 3. The van der Waals surface area contributed by atoms with Crippen LogP contribution in [-0.4, -0.2) is 47.0 Å². The molecule has 1 fully saturated rings. The molecule has 1 aromatic carbocycles. The van der Waals surface area contributed by atoms with E-state index in [1.54, 1.807) is 20.8 Å². The summed E-state index contributed by atoms with van der Waals surface area (Å²) in [5.41, 5.74) is -0.421. The molecule has 7 heteroatoms. The van der Waals surface area contributed by atoms with Gasteiger partial charge in [0.15, 0.2) is 0 Å². The Morgan fingerprint density at radius 2 is 2.00 bits per heavy atom. The zero-order chi connectivity index (χ0) is 18.8. The highest BCUT2D eigenvalue weighted by atomic mass is 19.1. The van der Waals surface area contributed by atoms with E-state index in [1.165, 1.54) is 22.9 Å². The molecular weight excluding hydrogens is 330 g/mol. The lowest BCUT2D eigenvalue weighted by atomic mass is 10.1. The Morgan fingerprint density at radius 3 is 2.60 bits per heavy atom. The Bertz CT molecular complexity index is 658. The Morgan fingerprint density at radius 1 is 1.32 bits per heavy atom. The minimum atomic E-state index is -0.699. The molecule has 25 heavy (non-hydrogen) atoms. The molecule has 1 unspecified atom stereocenters. The van der Waals surface area contributed by atoms with Crippen LogP contribution in [-0.2, 0) is 16.1 Å². The highest BCUT2D eigenvalue weighted by Gasteiger charge is 2.37. The Labute approximate surface area is 146 Å². The van der Waals surface area contributed by atoms with Crippen molar-refractivity contribution in [2.45, 2.75) is 51.8 Å². The molecule has 0 radical (unpaired) electrons. The first-order valence-electron chi connectivity index (χ1n) is 8.27. The molecule has 2 rings (SSSR count). The summed E-state index contributed by atoms with van der Waals surface area (Å²) in [6.45, 7) is 5.75. The summed E-state index contributed by atoms with van der Waals surface area (Å²) >= 11 is 0. The quantitative estimate of drug-likeness (QED) is 0.837. The van der Waals surface area contributed by atoms with E-state index in [-0.39, 0.29) is 18.0 Å². The molecule has 5 nitrogen and oxygen atoms in total. The van der Waals surface area contributed by atoms with E-state index >= 15 is 0 Å². The number of amides is 2. The lowest BCUT2D eigenvalue weighted by Crippen LogP contribution is -2.47. The van der Waals surface area contributed by atoms with Crippen LogP contribution >= 0.6 is 0 Å². The minimum absolute atomic E-state index is 0.00358. The molecular formula is C18H24F2N2O3. The lowest BCUT2D eigenvalue weighted by molar-refractivity contribution is -0.135. The maximum Gasteiger partial charge on any atom is 0.410 e. The van der Waals surface area contributed by atoms with Gasteiger partial charge in [0.2, 0.25) is 5.91 Å². The van der Waals surface area contributed by atoms with Crippen molar-refractivity contribution in [2.24, 2.45) is 0 Å². The van der Waals surface area contributed by atoms with Gasteiger partial charge in [0, 0.05) is 31.8 Å². The third-order valence-electron chi connectivity index (χ3n) is 3.96. The maximum absolute atomic E-state index is 13.8. The normalized spacial score (nSPS) is 17.5. The van der Waals surface area contributed by atoms with Crippen molar-refractivity contribution < 1.29 is 23.1 Å². The number of benzene rings is 1. The van der Waals surface area contributed by atoms with Crippen LogP contribution in [0.15, 0.2) is 18.2 Å². The largest absolute Gasteiger partial charge is 0.444 e. The summed E-state index contributed by atoms with van der Waals surface area (Å²) in [7, 11) is 1.54. The van der Waals surface area contributed by atoms with Crippen LogP contribution in [0.3, 0.4) is 0 Å². The molecule has 1 atom stereocenters. The van der Waals surface area contributed by atoms with Crippen molar-refractivity contribution in [1.29, 1.82) is 0 Å². The van der Waals surface area contributed by atoms with E-state index in [4.69, 9.17) is 4.74 Å². The van der Waals surface area contributed by atoms with Crippen LogP contribution in [0.2, 0.25) is 0 Å². The molecule has 1 aromatic rings. The van der Waals surface area contributed by atoms with E-state index in [2.05, 4.69) is 0 Å². The summed E-state index contributed by atoms with van der Waals surface area (Å²) < 4.78 is 32.1. The summed E-state index contributed by atoms with van der Waals surface area (Å²) in [6, 6.07) is 2.63. The molecule has 0 spiro atoms. The number of rotatable bonds is 3. The summed E-state index contributed by atoms with van der Waals surface area (Å²) in [5, 5.41) is 0. The minimum Gasteiger partial charge on any atom is -0.444 e.